The molecule has 1 aliphatic heterocycles. The Morgan fingerprint density at radius 3 is 2.74 bits per heavy atom. The summed E-state index contributed by atoms with van der Waals surface area (Å²) in [5.41, 5.74) is 0.0303. The van der Waals surface area contributed by atoms with Crippen molar-refractivity contribution < 1.29 is 18.3 Å². The van der Waals surface area contributed by atoms with E-state index in [4.69, 9.17) is 16.7 Å². The summed E-state index contributed by atoms with van der Waals surface area (Å²) in [5.74, 6) is -0.529. The van der Waals surface area contributed by atoms with Gasteiger partial charge in [0.1, 0.15) is 11.0 Å². The van der Waals surface area contributed by atoms with Crippen molar-refractivity contribution in [3.8, 4) is 0 Å². The lowest BCUT2D eigenvalue weighted by Crippen LogP contribution is -2.33. The van der Waals surface area contributed by atoms with Crippen LogP contribution in [-0.4, -0.2) is 49.1 Å². The molecule has 1 atom stereocenters. The van der Waals surface area contributed by atoms with Crippen LogP contribution in [0.5, 0.6) is 0 Å². The van der Waals surface area contributed by atoms with E-state index in [0.717, 1.165) is 0 Å². The van der Waals surface area contributed by atoms with Gasteiger partial charge in [-0.3, -0.25) is 0 Å². The first-order chi connectivity index (χ1) is 8.78. The molecule has 19 heavy (non-hydrogen) atoms. The maximum Gasteiger partial charge on any atom is 0.335 e. The van der Waals surface area contributed by atoms with Crippen molar-refractivity contribution in [2.24, 2.45) is 0 Å². The smallest absolute Gasteiger partial charge is 0.335 e. The predicted molar refractivity (Wildman–Crippen MR) is 71.7 cm³/mol. The Hall–Kier alpha value is -1.34. The molecule has 2 rings (SSSR count). The van der Waals surface area contributed by atoms with Crippen molar-refractivity contribution in [1.82, 2.24) is 4.98 Å². The van der Waals surface area contributed by atoms with Gasteiger partial charge in [0.15, 0.2) is 9.84 Å². The first-order valence-corrected chi connectivity index (χ1v) is 7.82. The molecule has 0 radical (unpaired) electrons. The predicted octanol–water partition coefficient (Wildman–Crippen LogP) is 1.06. The van der Waals surface area contributed by atoms with Gasteiger partial charge in [0.05, 0.1) is 17.1 Å². The molecule has 0 aliphatic carbocycles. The van der Waals surface area contributed by atoms with E-state index in [0.29, 0.717) is 12.2 Å². The van der Waals surface area contributed by atoms with Crippen LogP contribution in [0.1, 0.15) is 16.8 Å². The Kier molecular flexibility index (Phi) is 3.69. The minimum Gasteiger partial charge on any atom is -0.478 e. The second kappa shape index (κ2) is 4.97. The first kappa shape index (κ1) is 14.1. The molecule has 6 nitrogen and oxygen atoms in total. The molecule has 0 saturated carbocycles. The van der Waals surface area contributed by atoms with Gasteiger partial charge in [-0.25, -0.2) is 18.2 Å². The maximum atomic E-state index is 11.5. The second-order valence-corrected chi connectivity index (χ2v) is 7.13. The first-order valence-electron chi connectivity index (χ1n) is 5.62. The summed E-state index contributed by atoms with van der Waals surface area (Å²) >= 11 is 5.78. The lowest BCUT2D eigenvalue weighted by atomic mass is 10.2. The molecule has 1 N–H and O–H groups in total. The molecule has 1 unspecified atom stereocenters. The molecule has 1 aliphatic rings. The van der Waals surface area contributed by atoms with Crippen molar-refractivity contribution in [3.05, 3.63) is 22.8 Å². The van der Waals surface area contributed by atoms with Crippen molar-refractivity contribution in [2.75, 3.05) is 23.5 Å². The summed E-state index contributed by atoms with van der Waals surface area (Å²) in [4.78, 5) is 16.7. The Labute approximate surface area is 115 Å². The summed E-state index contributed by atoms with van der Waals surface area (Å²) in [7, 11) is -1.31. The monoisotopic (exact) mass is 304 g/mol. The average molecular weight is 305 g/mol. The van der Waals surface area contributed by atoms with E-state index in [2.05, 4.69) is 4.98 Å². The molecule has 1 aromatic rings. The molecule has 0 amide bonds. The maximum absolute atomic E-state index is 11.5. The lowest BCUT2D eigenvalue weighted by Gasteiger charge is -2.24. The Balaban J connectivity index is 2.29. The molecule has 2 heterocycles. The number of hydrogen-bond donors (Lipinski definition) is 1. The summed E-state index contributed by atoms with van der Waals surface area (Å²) in [5, 5.41) is 9.03. The van der Waals surface area contributed by atoms with Crippen molar-refractivity contribution in [1.29, 1.82) is 0 Å². The summed E-state index contributed by atoms with van der Waals surface area (Å²) in [6, 6.07) is 2.45. The highest BCUT2D eigenvalue weighted by Crippen LogP contribution is 2.24. The third-order valence-corrected chi connectivity index (χ3v) is 5.09. The van der Waals surface area contributed by atoms with Crippen LogP contribution in [-0.2, 0) is 9.84 Å². The molecule has 1 aromatic heterocycles. The highest BCUT2D eigenvalue weighted by molar-refractivity contribution is 7.91. The van der Waals surface area contributed by atoms with Gasteiger partial charge >= 0.3 is 5.97 Å². The third kappa shape index (κ3) is 3.16. The fourth-order valence-corrected chi connectivity index (χ4v) is 4.03. The summed E-state index contributed by atoms with van der Waals surface area (Å²) in [6.45, 7) is 0. The molecule has 8 heteroatoms. The fraction of sp³-hybridized carbons (Fsp3) is 0.455. The van der Waals surface area contributed by atoms with E-state index >= 15 is 0 Å². The summed E-state index contributed by atoms with van der Waals surface area (Å²) < 4.78 is 22.9. The molecular weight excluding hydrogens is 292 g/mol. The number of carboxylic acids is 1. The quantitative estimate of drug-likeness (QED) is 0.840. The van der Waals surface area contributed by atoms with Gasteiger partial charge in [0.2, 0.25) is 0 Å². The number of nitrogens with zero attached hydrogens (tertiary/aromatic N) is 2. The van der Waals surface area contributed by atoms with Crippen LogP contribution in [0.2, 0.25) is 5.15 Å². The van der Waals surface area contributed by atoms with Crippen LogP contribution in [0.15, 0.2) is 12.1 Å². The Bertz CT molecular complexity index is 617. The van der Waals surface area contributed by atoms with Gasteiger partial charge < -0.3 is 10.0 Å². The molecule has 1 saturated heterocycles. The number of sulfone groups is 1. The van der Waals surface area contributed by atoms with E-state index < -0.39 is 15.8 Å². The molecule has 0 spiro atoms. The number of carboxylic acid groups (broad SMARTS) is 1. The second-order valence-electron chi connectivity index (χ2n) is 4.51. The van der Waals surface area contributed by atoms with Crippen LogP contribution in [0.3, 0.4) is 0 Å². The number of pyridine rings is 1. The van der Waals surface area contributed by atoms with Gasteiger partial charge in [-0.05, 0) is 18.6 Å². The van der Waals surface area contributed by atoms with Gasteiger partial charge in [-0.1, -0.05) is 11.6 Å². The number of anilines is 1. The Morgan fingerprint density at radius 1 is 1.53 bits per heavy atom. The number of aromatic nitrogens is 1. The number of aromatic carboxylic acids is 1. The van der Waals surface area contributed by atoms with Crippen LogP contribution < -0.4 is 4.90 Å². The SMILES string of the molecule is CN(c1cc(C(=O)O)cc(Cl)n1)C1CCS(=O)(=O)C1. The van der Waals surface area contributed by atoms with Crippen LogP contribution in [0.4, 0.5) is 5.82 Å². The zero-order valence-electron chi connectivity index (χ0n) is 10.2. The van der Waals surface area contributed by atoms with E-state index in [-0.39, 0.29) is 28.3 Å². The minimum absolute atomic E-state index is 0.0303. The Morgan fingerprint density at radius 2 is 2.21 bits per heavy atom. The highest BCUT2D eigenvalue weighted by atomic mass is 35.5. The van der Waals surface area contributed by atoms with Crippen molar-refractivity contribution >= 4 is 33.2 Å². The van der Waals surface area contributed by atoms with Crippen LogP contribution >= 0.6 is 11.6 Å². The van der Waals surface area contributed by atoms with E-state index in [1.807, 2.05) is 0 Å². The fourth-order valence-electron chi connectivity index (χ4n) is 2.06. The average Bonchev–Trinajstić information content (AvgIpc) is 2.68. The minimum atomic E-state index is -3.00. The third-order valence-electron chi connectivity index (χ3n) is 3.15. The molecule has 0 aromatic carbocycles. The standard InChI is InChI=1S/C11H13ClN2O4S/c1-14(8-2-3-19(17,18)6-8)10-5-7(11(15)16)4-9(12)13-10/h4-5,8H,2-3,6H2,1H3,(H,15,16). The van der Waals surface area contributed by atoms with Crippen molar-refractivity contribution in [3.63, 3.8) is 0 Å². The van der Waals surface area contributed by atoms with E-state index in [1.54, 1.807) is 11.9 Å². The van der Waals surface area contributed by atoms with Crippen molar-refractivity contribution in [2.45, 2.75) is 12.5 Å². The number of hydrogen-bond acceptors (Lipinski definition) is 5. The van der Waals surface area contributed by atoms with E-state index in [1.165, 1.54) is 12.1 Å². The van der Waals surface area contributed by atoms with Gasteiger partial charge in [-0.15, -0.1) is 0 Å². The topological polar surface area (TPSA) is 87.6 Å². The summed E-state index contributed by atoms with van der Waals surface area (Å²) in [6.07, 6.45) is 0.509. The van der Waals surface area contributed by atoms with Crippen LogP contribution in [0.25, 0.3) is 0 Å². The molecular formula is C11H13ClN2O4S. The largest absolute Gasteiger partial charge is 0.478 e. The lowest BCUT2D eigenvalue weighted by molar-refractivity contribution is 0.0696. The van der Waals surface area contributed by atoms with E-state index in [9.17, 15) is 13.2 Å². The van der Waals surface area contributed by atoms with Gasteiger partial charge in [-0.2, -0.15) is 0 Å². The van der Waals surface area contributed by atoms with Gasteiger partial charge in [0.25, 0.3) is 0 Å². The number of rotatable bonds is 3. The zero-order valence-corrected chi connectivity index (χ0v) is 11.8. The van der Waals surface area contributed by atoms with Gasteiger partial charge in [0, 0.05) is 13.1 Å². The number of halogens is 1. The number of carbonyl (C=O) groups is 1. The van der Waals surface area contributed by atoms with Crippen LogP contribution in [0, 0.1) is 0 Å². The zero-order chi connectivity index (χ0) is 14.2. The molecule has 0 bridgehead atoms. The highest BCUT2D eigenvalue weighted by Gasteiger charge is 2.31. The molecule has 1 fully saturated rings. The molecule has 104 valence electrons. The normalized spacial score (nSPS) is 21.3.